The fourth-order valence-electron chi connectivity index (χ4n) is 2.17. The molecule has 0 bridgehead atoms. The molecule has 1 aliphatic heterocycles. The first-order valence-electron chi connectivity index (χ1n) is 6.18. The van der Waals surface area contributed by atoms with Crippen LogP contribution in [0.25, 0.3) is 0 Å². The van der Waals surface area contributed by atoms with E-state index in [1.54, 1.807) is 0 Å². The lowest BCUT2D eigenvalue weighted by molar-refractivity contribution is 0.303. The van der Waals surface area contributed by atoms with Crippen LogP contribution in [0.15, 0.2) is 11.0 Å². The van der Waals surface area contributed by atoms with Crippen molar-refractivity contribution in [2.75, 3.05) is 38.6 Å². The third-order valence-corrected chi connectivity index (χ3v) is 7.01. The van der Waals surface area contributed by atoms with E-state index < -0.39 is 10.0 Å². The zero-order valence-corrected chi connectivity index (χ0v) is 14.6. The Hall–Kier alpha value is 0.440. The van der Waals surface area contributed by atoms with Crippen LogP contribution < -0.4 is 0 Å². The minimum Gasteiger partial charge on any atom is -0.301 e. The van der Waals surface area contributed by atoms with Crippen LogP contribution in [-0.4, -0.2) is 56.2 Å². The van der Waals surface area contributed by atoms with Gasteiger partial charge in [0.1, 0.15) is 9.23 Å². The molecule has 114 valence electrons. The Balaban J connectivity index is 2.16. The van der Waals surface area contributed by atoms with Gasteiger partial charge in [0.05, 0.1) is 4.34 Å². The zero-order chi connectivity index (χ0) is 14.8. The van der Waals surface area contributed by atoms with Crippen LogP contribution in [0.4, 0.5) is 0 Å². The first kappa shape index (κ1) is 16.8. The maximum atomic E-state index is 12.6. The summed E-state index contributed by atoms with van der Waals surface area (Å²) in [5, 5.41) is 0. The SMILES string of the molecule is O=S(=O)(c1cc(Cl)sc1Cl)N1CCCN(CCCl)CC1. The van der Waals surface area contributed by atoms with E-state index in [4.69, 9.17) is 34.8 Å². The molecule has 1 saturated heterocycles. The van der Waals surface area contributed by atoms with E-state index in [0.29, 0.717) is 29.9 Å². The molecule has 9 heteroatoms. The third kappa shape index (κ3) is 3.80. The summed E-state index contributed by atoms with van der Waals surface area (Å²) in [6.45, 7) is 3.26. The van der Waals surface area contributed by atoms with Gasteiger partial charge in [-0.15, -0.1) is 22.9 Å². The predicted octanol–water partition coefficient (Wildman–Crippen LogP) is 2.99. The van der Waals surface area contributed by atoms with E-state index in [1.165, 1.54) is 10.4 Å². The molecule has 0 aromatic carbocycles. The van der Waals surface area contributed by atoms with Gasteiger partial charge in [0, 0.05) is 32.1 Å². The lowest BCUT2D eigenvalue weighted by atomic mass is 10.4. The van der Waals surface area contributed by atoms with Crippen molar-refractivity contribution in [1.82, 2.24) is 9.21 Å². The van der Waals surface area contributed by atoms with E-state index >= 15 is 0 Å². The molecule has 2 rings (SSSR count). The summed E-state index contributed by atoms with van der Waals surface area (Å²) in [6.07, 6.45) is 0.783. The average Bonchev–Trinajstić information content (AvgIpc) is 2.61. The van der Waals surface area contributed by atoms with Crippen molar-refractivity contribution in [2.45, 2.75) is 11.3 Å². The molecular weight excluding hydrogens is 363 g/mol. The summed E-state index contributed by atoms with van der Waals surface area (Å²) in [5.41, 5.74) is 0. The van der Waals surface area contributed by atoms with Crippen LogP contribution in [-0.2, 0) is 10.0 Å². The smallest absolute Gasteiger partial charge is 0.245 e. The Morgan fingerprint density at radius 1 is 1.20 bits per heavy atom. The maximum absolute atomic E-state index is 12.6. The Bertz CT molecular complexity index is 562. The largest absolute Gasteiger partial charge is 0.301 e. The second-order valence-corrected chi connectivity index (χ2v) is 9.05. The molecule has 0 N–H and O–H groups in total. The van der Waals surface area contributed by atoms with Gasteiger partial charge in [0.2, 0.25) is 10.0 Å². The molecular formula is C11H15Cl3N2O2S2. The van der Waals surface area contributed by atoms with Gasteiger partial charge in [-0.1, -0.05) is 23.2 Å². The summed E-state index contributed by atoms with van der Waals surface area (Å²) in [4.78, 5) is 2.28. The van der Waals surface area contributed by atoms with Crippen molar-refractivity contribution in [1.29, 1.82) is 0 Å². The average molecular weight is 378 g/mol. The van der Waals surface area contributed by atoms with Crippen LogP contribution >= 0.6 is 46.1 Å². The van der Waals surface area contributed by atoms with Crippen LogP contribution in [0, 0.1) is 0 Å². The van der Waals surface area contributed by atoms with Crippen molar-refractivity contribution in [3.63, 3.8) is 0 Å². The van der Waals surface area contributed by atoms with E-state index in [9.17, 15) is 8.42 Å². The lowest BCUT2D eigenvalue weighted by Gasteiger charge is -2.20. The van der Waals surface area contributed by atoms with Crippen molar-refractivity contribution in [3.05, 3.63) is 14.7 Å². The molecule has 0 spiro atoms. The minimum atomic E-state index is -3.57. The van der Waals surface area contributed by atoms with Crippen LogP contribution in [0.3, 0.4) is 0 Å². The van der Waals surface area contributed by atoms with Gasteiger partial charge in [-0.2, -0.15) is 4.31 Å². The Morgan fingerprint density at radius 2 is 1.95 bits per heavy atom. The summed E-state index contributed by atoms with van der Waals surface area (Å²) in [6, 6.07) is 1.42. The molecule has 0 unspecified atom stereocenters. The molecule has 20 heavy (non-hydrogen) atoms. The lowest BCUT2D eigenvalue weighted by Crippen LogP contribution is -2.35. The van der Waals surface area contributed by atoms with Gasteiger partial charge >= 0.3 is 0 Å². The van der Waals surface area contributed by atoms with Crippen molar-refractivity contribution in [3.8, 4) is 0 Å². The van der Waals surface area contributed by atoms with Gasteiger partial charge in [0.25, 0.3) is 0 Å². The number of hydrogen-bond acceptors (Lipinski definition) is 4. The van der Waals surface area contributed by atoms with Gasteiger partial charge in [-0.05, 0) is 19.0 Å². The van der Waals surface area contributed by atoms with Crippen molar-refractivity contribution in [2.24, 2.45) is 0 Å². The highest BCUT2D eigenvalue weighted by Crippen LogP contribution is 2.35. The number of alkyl halides is 1. The number of halogens is 3. The number of rotatable bonds is 4. The molecule has 0 amide bonds. The van der Waals surface area contributed by atoms with Crippen LogP contribution in [0.1, 0.15) is 6.42 Å². The number of thiophene rings is 1. The van der Waals surface area contributed by atoms with Crippen LogP contribution in [0.2, 0.25) is 8.67 Å². The number of hydrogen-bond donors (Lipinski definition) is 0. The Morgan fingerprint density at radius 3 is 2.55 bits per heavy atom. The maximum Gasteiger partial charge on any atom is 0.245 e. The monoisotopic (exact) mass is 376 g/mol. The molecule has 2 heterocycles. The highest BCUT2D eigenvalue weighted by atomic mass is 35.5. The van der Waals surface area contributed by atoms with Crippen molar-refractivity contribution >= 4 is 56.2 Å². The molecule has 1 aromatic rings. The molecule has 1 fully saturated rings. The van der Waals surface area contributed by atoms with E-state index in [1.807, 2.05) is 0 Å². The molecule has 1 aliphatic rings. The number of nitrogens with zero attached hydrogens (tertiary/aromatic N) is 2. The Labute approximate surface area is 138 Å². The second-order valence-electron chi connectivity index (χ2n) is 4.48. The highest BCUT2D eigenvalue weighted by Gasteiger charge is 2.30. The van der Waals surface area contributed by atoms with Gasteiger partial charge in [0.15, 0.2) is 0 Å². The molecule has 4 nitrogen and oxygen atoms in total. The quantitative estimate of drug-likeness (QED) is 0.757. The molecule has 0 aliphatic carbocycles. The Kier molecular flexibility index (Phi) is 5.99. The van der Waals surface area contributed by atoms with E-state index in [2.05, 4.69) is 4.90 Å². The molecule has 0 saturated carbocycles. The predicted molar refractivity (Wildman–Crippen MR) is 84.9 cm³/mol. The molecule has 0 atom stereocenters. The third-order valence-electron chi connectivity index (χ3n) is 3.19. The summed E-state index contributed by atoms with van der Waals surface area (Å²) in [7, 11) is -3.57. The molecule has 0 radical (unpaired) electrons. The first-order valence-corrected chi connectivity index (χ1v) is 9.73. The van der Waals surface area contributed by atoms with E-state index in [0.717, 1.165) is 30.8 Å². The topological polar surface area (TPSA) is 40.6 Å². The normalized spacial score (nSPS) is 19.1. The van der Waals surface area contributed by atoms with Crippen LogP contribution in [0.5, 0.6) is 0 Å². The number of sulfonamides is 1. The van der Waals surface area contributed by atoms with Crippen molar-refractivity contribution < 1.29 is 8.42 Å². The standard InChI is InChI=1S/C11H15Cl3N2O2S2/c12-2-5-15-3-1-4-16(7-6-15)20(17,18)9-8-10(13)19-11(9)14/h8H,1-7H2. The summed E-state index contributed by atoms with van der Waals surface area (Å²) in [5.74, 6) is 0.554. The highest BCUT2D eigenvalue weighted by molar-refractivity contribution is 7.89. The van der Waals surface area contributed by atoms with Gasteiger partial charge in [-0.25, -0.2) is 8.42 Å². The zero-order valence-electron chi connectivity index (χ0n) is 10.7. The summed E-state index contributed by atoms with van der Waals surface area (Å²) >= 11 is 18.6. The molecule has 1 aromatic heterocycles. The van der Waals surface area contributed by atoms with Gasteiger partial charge < -0.3 is 4.90 Å². The minimum absolute atomic E-state index is 0.111. The first-order chi connectivity index (χ1) is 9.45. The fraction of sp³-hybridized carbons (Fsp3) is 0.636. The fourth-order valence-corrected chi connectivity index (χ4v) is 5.99. The van der Waals surface area contributed by atoms with E-state index in [-0.39, 0.29) is 9.23 Å². The van der Waals surface area contributed by atoms with Gasteiger partial charge in [-0.3, -0.25) is 0 Å². The second kappa shape index (κ2) is 7.13. The summed E-state index contributed by atoms with van der Waals surface area (Å²) < 4.78 is 27.2.